The number of pyridine rings is 2. The Morgan fingerprint density at radius 2 is 1.96 bits per heavy atom. The molecule has 1 fully saturated rings. The molecule has 1 saturated heterocycles. The molecule has 0 saturated carbocycles. The van der Waals surface area contributed by atoms with Crippen LogP contribution >= 0.6 is 11.6 Å². The fraction of sp³-hybridized carbons (Fsp3) is 0.400. The van der Waals surface area contributed by atoms with Crippen molar-refractivity contribution < 1.29 is 28.2 Å². The van der Waals surface area contributed by atoms with Gasteiger partial charge in [-0.25, -0.2) is 23.1 Å². The van der Waals surface area contributed by atoms with E-state index in [0.717, 1.165) is 6.07 Å². The highest BCUT2D eigenvalue weighted by molar-refractivity contribution is 6.31. The van der Waals surface area contributed by atoms with Gasteiger partial charge in [0.15, 0.2) is 17.3 Å². The van der Waals surface area contributed by atoms with Gasteiger partial charge < -0.3 is 24.4 Å². The van der Waals surface area contributed by atoms with Gasteiger partial charge in [0.05, 0.1) is 27.4 Å². The molecule has 6 rings (SSSR count). The number of hydrogen-bond donors (Lipinski definition) is 1. The Hall–Kier alpha value is -4.46. The molecule has 258 valence electrons. The van der Waals surface area contributed by atoms with Gasteiger partial charge in [-0.3, -0.25) is 9.78 Å². The molecule has 49 heavy (non-hydrogen) atoms. The summed E-state index contributed by atoms with van der Waals surface area (Å²) >= 11 is 6.20. The lowest BCUT2D eigenvalue weighted by molar-refractivity contribution is -0.128. The summed E-state index contributed by atoms with van der Waals surface area (Å²) in [6.45, 7) is 13.3. The Bertz CT molecular complexity index is 2020. The number of aliphatic hydroxyl groups is 1. The maximum Gasteiger partial charge on any atom is 0.355 e. The number of carbonyl (C=O) groups is 1. The topological polar surface area (TPSA) is 123 Å². The van der Waals surface area contributed by atoms with Crippen molar-refractivity contribution >= 4 is 34.4 Å². The van der Waals surface area contributed by atoms with E-state index in [9.17, 15) is 14.7 Å². The number of amides is 1. The van der Waals surface area contributed by atoms with Crippen LogP contribution in [0.15, 0.2) is 47.9 Å². The zero-order valence-electron chi connectivity index (χ0n) is 27.8. The van der Waals surface area contributed by atoms with Crippen molar-refractivity contribution in [3.63, 3.8) is 0 Å². The van der Waals surface area contributed by atoms with Crippen molar-refractivity contribution in [2.75, 3.05) is 31.2 Å². The van der Waals surface area contributed by atoms with Gasteiger partial charge in [0.2, 0.25) is 5.91 Å². The van der Waals surface area contributed by atoms with E-state index in [4.69, 9.17) is 21.1 Å². The minimum atomic E-state index is -1.35. The first-order valence-electron chi connectivity index (χ1n) is 16.1. The van der Waals surface area contributed by atoms with Crippen LogP contribution in [0.3, 0.4) is 0 Å². The molecule has 3 aromatic heterocycles. The number of aromatic nitrogens is 4. The minimum Gasteiger partial charge on any atom is -0.490 e. The van der Waals surface area contributed by atoms with Gasteiger partial charge in [-0.05, 0) is 57.0 Å². The van der Waals surface area contributed by atoms with Crippen LogP contribution in [0.25, 0.3) is 28.0 Å². The molecule has 4 atom stereocenters. The second-order valence-electron chi connectivity index (χ2n) is 12.6. The second-order valence-corrected chi connectivity index (χ2v) is 13.0. The number of fused-ring (bicyclic) bond motifs is 5. The SMILES string of the molecule is C=CC(=O)N1C[C@H](C)N(c2nc(=O)n3c4nc(c(F)cc24)-c2c(ccc(Cl)c2F)OCC(OCC)C(O)c2ccnc(C(C)C)c2-3)C[C@H]1C. The summed E-state index contributed by atoms with van der Waals surface area (Å²) in [6, 6.07) is 4.75. The van der Waals surface area contributed by atoms with Crippen LogP contribution in [0.4, 0.5) is 14.6 Å². The lowest BCUT2D eigenvalue weighted by atomic mass is 9.97. The van der Waals surface area contributed by atoms with Crippen LogP contribution in [0.1, 0.15) is 57.9 Å². The van der Waals surface area contributed by atoms with Crippen molar-refractivity contribution in [1.82, 2.24) is 24.4 Å². The number of rotatable bonds is 5. The normalized spacial score (nSPS) is 20.8. The summed E-state index contributed by atoms with van der Waals surface area (Å²) in [7, 11) is 0. The molecule has 4 aromatic rings. The number of hydrogen-bond acceptors (Lipinski definition) is 9. The number of aliphatic hydroxyl groups excluding tert-OH is 1. The molecule has 1 aromatic carbocycles. The summed E-state index contributed by atoms with van der Waals surface area (Å²) in [6.07, 6.45) is 0.427. The summed E-state index contributed by atoms with van der Waals surface area (Å²) in [5, 5.41) is 11.7. The van der Waals surface area contributed by atoms with Crippen LogP contribution < -0.4 is 15.3 Å². The molecule has 1 amide bonds. The van der Waals surface area contributed by atoms with Gasteiger partial charge in [0.1, 0.15) is 36.1 Å². The van der Waals surface area contributed by atoms with Crippen LogP contribution in [-0.4, -0.2) is 79.9 Å². The number of piperazine rings is 1. The number of halogens is 3. The third kappa shape index (κ3) is 5.93. The first-order chi connectivity index (χ1) is 23.4. The minimum absolute atomic E-state index is 0.0574. The molecular formula is C35H37ClF2N6O5. The maximum atomic E-state index is 16.5. The van der Waals surface area contributed by atoms with E-state index in [2.05, 4.69) is 21.5 Å². The van der Waals surface area contributed by atoms with Crippen molar-refractivity contribution in [3.8, 4) is 22.7 Å². The van der Waals surface area contributed by atoms with E-state index in [0.29, 0.717) is 5.69 Å². The number of nitrogens with zero attached hydrogens (tertiary/aromatic N) is 6. The van der Waals surface area contributed by atoms with E-state index in [-0.39, 0.29) is 94.6 Å². The number of ether oxygens (including phenoxy) is 2. The van der Waals surface area contributed by atoms with Crippen LogP contribution in [-0.2, 0) is 9.53 Å². The first-order valence-corrected chi connectivity index (χ1v) is 16.5. The van der Waals surface area contributed by atoms with Crippen molar-refractivity contribution in [2.45, 2.75) is 64.8 Å². The third-order valence-electron chi connectivity index (χ3n) is 9.02. The van der Waals surface area contributed by atoms with E-state index >= 15 is 8.78 Å². The monoisotopic (exact) mass is 694 g/mol. The van der Waals surface area contributed by atoms with Gasteiger partial charge in [-0.1, -0.05) is 32.0 Å². The summed E-state index contributed by atoms with van der Waals surface area (Å²) in [5.74, 6) is -2.33. The van der Waals surface area contributed by atoms with E-state index in [1.165, 1.54) is 29.0 Å². The highest BCUT2D eigenvalue weighted by Crippen LogP contribution is 2.41. The van der Waals surface area contributed by atoms with Crippen LogP contribution in [0, 0.1) is 11.6 Å². The number of carbonyl (C=O) groups excluding carboxylic acids is 1. The smallest absolute Gasteiger partial charge is 0.355 e. The lowest BCUT2D eigenvalue weighted by Crippen LogP contribution is -2.58. The molecule has 5 heterocycles. The van der Waals surface area contributed by atoms with Gasteiger partial charge in [-0.15, -0.1) is 0 Å². The lowest BCUT2D eigenvalue weighted by Gasteiger charge is -2.44. The number of anilines is 1. The second kappa shape index (κ2) is 13.4. The van der Waals surface area contributed by atoms with Crippen molar-refractivity contribution in [3.05, 3.63) is 81.5 Å². The van der Waals surface area contributed by atoms with E-state index < -0.39 is 35.2 Å². The van der Waals surface area contributed by atoms with E-state index in [1.807, 2.05) is 32.6 Å². The molecule has 2 bridgehead atoms. The Morgan fingerprint density at radius 1 is 1.20 bits per heavy atom. The summed E-state index contributed by atoms with van der Waals surface area (Å²) < 4.78 is 45.5. The standard InChI is InChI=1S/C35H37ClF2N6O5/c1-7-26(45)42-14-19(6)43(15-18(42)5)33-21-13-23(37)30-27-24(10-9-22(36)28(27)38)49-16-25(48-8-2)32(46)20-11-12-39-29(17(3)4)31(20)44(34(21)40-30)35(47)41-33/h7,9-13,17-19,25,32,46H,1,8,14-16H2,2-6H3/t18-,19+,25?,32?/m1/s1. The van der Waals surface area contributed by atoms with Crippen molar-refractivity contribution in [1.29, 1.82) is 0 Å². The molecule has 14 heteroatoms. The predicted octanol–water partition coefficient (Wildman–Crippen LogP) is 5.34. The zero-order valence-corrected chi connectivity index (χ0v) is 28.5. The molecule has 0 aliphatic carbocycles. The maximum absolute atomic E-state index is 16.5. The highest BCUT2D eigenvalue weighted by Gasteiger charge is 2.36. The molecule has 0 spiro atoms. The highest BCUT2D eigenvalue weighted by atomic mass is 35.5. The Balaban J connectivity index is 1.73. The Morgan fingerprint density at radius 3 is 2.65 bits per heavy atom. The Kier molecular flexibility index (Phi) is 9.44. The molecule has 2 aliphatic rings. The van der Waals surface area contributed by atoms with Gasteiger partial charge >= 0.3 is 5.69 Å². The largest absolute Gasteiger partial charge is 0.490 e. The first kappa shape index (κ1) is 34.4. The van der Waals surface area contributed by atoms with Crippen LogP contribution in [0.5, 0.6) is 5.75 Å². The van der Waals surface area contributed by atoms with Crippen molar-refractivity contribution in [2.24, 2.45) is 0 Å². The summed E-state index contributed by atoms with van der Waals surface area (Å²) in [4.78, 5) is 44.2. The van der Waals surface area contributed by atoms with E-state index in [1.54, 1.807) is 17.9 Å². The Labute approximate surface area is 286 Å². The fourth-order valence-electron chi connectivity index (χ4n) is 6.63. The summed E-state index contributed by atoms with van der Waals surface area (Å²) in [5.41, 5.74) is -0.725. The van der Waals surface area contributed by atoms with Crippen LogP contribution in [0.2, 0.25) is 5.02 Å². The molecule has 2 aliphatic heterocycles. The fourth-order valence-corrected chi connectivity index (χ4v) is 6.79. The molecular weight excluding hydrogens is 658 g/mol. The quantitative estimate of drug-likeness (QED) is 0.276. The number of benzene rings is 1. The van der Waals surface area contributed by atoms with Gasteiger partial charge in [0.25, 0.3) is 0 Å². The average Bonchev–Trinajstić information content (AvgIpc) is 3.07. The average molecular weight is 695 g/mol. The molecule has 1 N–H and O–H groups in total. The van der Waals surface area contributed by atoms with Gasteiger partial charge in [0, 0.05) is 43.5 Å². The third-order valence-corrected chi connectivity index (χ3v) is 9.31. The molecule has 2 unspecified atom stereocenters. The zero-order chi connectivity index (χ0) is 35.3. The predicted molar refractivity (Wildman–Crippen MR) is 181 cm³/mol. The molecule has 11 nitrogen and oxygen atoms in total. The molecule has 0 radical (unpaired) electrons. The van der Waals surface area contributed by atoms with Gasteiger partial charge in [-0.2, -0.15) is 4.98 Å².